The Balaban J connectivity index is 2.16. The van der Waals surface area contributed by atoms with Gasteiger partial charge in [-0.25, -0.2) is 4.98 Å². The first-order valence-corrected chi connectivity index (χ1v) is 6.22. The summed E-state index contributed by atoms with van der Waals surface area (Å²) in [6, 6.07) is 0. The standard InChI is InChI=1S/C12H21N3O/c1-3-12-14-10-9-13-6-5-11(10)15(12)7-8-16-4-2/h13H,3-9H2,1-2H3. The number of nitrogens with one attached hydrogen (secondary N) is 1. The molecule has 0 radical (unpaired) electrons. The Morgan fingerprint density at radius 2 is 2.31 bits per heavy atom. The van der Waals surface area contributed by atoms with Gasteiger partial charge in [-0.05, 0) is 6.92 Å². The van der Waals surface area contributed by atoms with Crippen LogP contribution in [0.5, 0.6) is 0 Å². The third-order valence-electron chi connectivity index (χ3n) is 3.05. The molecule has 90 valence electrons. The molecule has 4 heteroatoms. The van der Waals surface area contributed by atoms with Gasteiger partial charge in [0, 0.05) is 44.8 Å². The molecule has 1 aromatic rings. The first-order valence-electron chi connectivity index (χ1n) is 6.22. The lowest BCUT2D eigenvalue weighted by atomic mass is 10.2. The Hall–Kier alpha value is -0.870. The van der Waals surface area contributed by atoms with Gasteiger partial charge < -0.3 is 14.6 Å². The van der Waals surface area contributed by atoms with Crippen LogP contribution >= 0.6 is 0 Å². The van der Waals surface area contributed by atoms with Crippen molar-refractivity contribution in [3.63, 3.8) is 0 Å². The van der Waals surface area contributed by atoms with Gasteiger partial charge in [-0.15, -0.1) is 0 Å². The van der Waals surface area contributed by atoms with E-state index in [4.69, 9.17) is 9.72 Å². The minimum Gasteiger partial charge on any atom is -0.380 e. The van der Waals surface area contributed by atoms with E-state index in [1.165, 1.54) is 17.2 Å². The maximum Gasteiger partial charge on any atom is 0.109 e. The van der Waals surface area contributed by atoms with E-state index in [2.05, 4.69) is 16.8 Å². The Morgan fingerprint density at radius 3 is 3.06 bits per heavy atom. The number of imidazole rings is 1. The molecule has 1 aliphatic heterocycles. The molecule has 0 aliphatic carbocycles. The zero-order valence-electron chi connectivity index (χ0n) is 10.3. The van der Waals surface area contributed by atoms with Crippen LogP contribution in [-0.2, 0) is 30.7 Å². The lowest BCUT2D eigenvalue weighted by molar-refractivity contribution is 0.137. The molecule has 0 unspecified atom stereocenters. The second kappa shape index (κ2) is 5.46. The van der Waals surface area contributed by atoms with Crippen LogP contribution in [0.15, 0.2) is 0 Å². The summed E-state index contributed by atoms with van der Waals surface area (Å²) >= 11 is 0. The van der Waals surface area contributed by atoms with Crippen LogP contribution in [0.1, 0.15) is 31.1 Å². The molecule has 1 aromatic heterocycles. The lowest BCUT2D eigenvalue weighted by Crippen LogP contribution is -2.25. The molecule has 0 saturated carbocycles. The molecular weight excluding hydrogens is 202 g/mol. The summed E-state index contributed by atoms with van der Waals surface area (Å²) in [6.07, 6.45) is 2.09. The van der Waals surface area contributed by atoms with Crippen LogP contribution in [0.25, 0.3) is 0 Å². The molecule has 0 amide bonds. The predicted molar refractivity (Wildman–Crippen MR) is 63.5 cm³/mol. The number of fused-ring (bicyclic) bond motifs is 1. The summed E-state index contributed by atoms with van der Waals surface area (Å²) in [6.45, 7) is 8.71. The number of hydrogen-bond acceptors (Lipinski definition) is 3. The fourth-order valence-electron chi connectivity index (χ4n) is 2.26. The van der Waals surface area contributed by atoms with E-state index in [9.17, 15) is 0 Å². The molecule has 2 heterocycles. The molecule has 1 aliphatic rings. The van der Waals surface area contributed by atoms with E-state index in [-0.39, 0.29) is 0 Å². The van der Waals surface area contributed by atoms with E-state index >= 15 is 0 Å². The van der Waals surface area contributed by atoms with Crippen LogP contribution in [0.3, 0.4) is 0 Å². The highest BCUT2D eigenvalue weighted by molar-refractivity contribution is 5.20. The normalized spacial score (nSPS) is 15.1. The molecule has 0 saturated heterocycles. The number of ether oxygens (including phenoxy) is 1. The Bertz CT molecular complexity index is 346. The minimum atomic E-state index is 0.791. The van der Waals surface area contributed by atoms with Crippen molar-refractivity contribution in [1.29, 1.82) is 0 Å². The number of hydrogen-bond donors (Lipinski definition) is 1. The summed E-state index contributed by atoms with van der Waals surface area (Å²) in [5.41, 5.74) is 2.65. The van der Waals surface area contributed by atoms with Gasteiger partial charge in [-0.1, -0.05) is 6.92 Å². The molecule has 0 aromatic carbocycles. The van der Waals surface area contributed by atoms with Gasteiger partial charge in [-0.3, -0.25) is 0 Å². The van der Waals surface area contributed by atoms with Crippen LogP contribution in [0.4, 0.5) is 0 Å². The summed E-state index contributed by atoms with van der Waals surface area (Å²) in [5.74, 6) is 1.20. The summed E-state index contributed by atoms with van der Waals surface area (Å²) in [5, 5.41) is 3.37. The fraction of sp³-hybridized carbons (Fsp3) is 0.750. The van der Waals surface area contributed by atoms with Crippen molar-refractivity contribution in [3.8, 4) is 0 Å². The Morgan fingerprint density at radius 1 is 1.44 bits per heavy atom. The highest BCUT2D eigenvalue weighted by Gasteiger charge is 2.18. The van der Waals surface area contributed by atoms with Crippen molar-refractivity contribution in [3.05, 3.63) is 17.2 Å². The molecule has 0 fully saturated rings. The number of aryl methyl sites for hydroxylation is 1. The van der Waals surface area contributed by atoms with E-state index in [1.54, 1.807) is 0 Å². The lowest BCUT2D eigenvalue weighted by Gasteiger charge is -2.16. The SMILES string of the molecule is CCOCCn1c(CC)nc2c1CCNC2. The van der Waals surface area contributed by atoms with Crippen molar-refractivity contribution in [1.82, 2.24) is 14.9 Å². The molecule has 1 N–H and O–H groups in total. The summed E-state index contributed by atoms with van der Waals surface area (Å²) in [4.78, 5) is 4.69. The smallest absolute Gasteiger partial charge is 0.109 e. The van der Waals surface area contributed by atoms with Gasteiger partial charge in [-0.2, -0.15) is 0 Å². The molecular formula is C12H21N3O. The van der Waals surface area contributed by atoms with Gasteiger partial charge >= 0.3 is 0 Å². The highest BCUT2D eigenvalue weighted by atomic mass is 16.5. The van der Waals surface area contributed by atoms with Crippen molar-refractivity contribution in [2.45, 2.75) is 39.8 Å². The van der Waals surface area contributed by atoms with Crippen LogP contribution in [-0.4, -0.2) is 29.3 Å². The number of aromatic nitrogens is 2. The molecule has 0 spiro atoms. The molecule has 4 nitrogen and oxygen atoms in total. The van der Waals surface area contributed by atoms with Gasteiger partial charge in [0.2, 0.25) is 0 Å². The Kier molecular flexibility index (Phi) is 3.96. The second-order valence-corrected chi connectivity index (χ2v) is 4.05. The van der Waals surface area contributed by atoms with E-state index < -0.39 is 0 Å². The fourth-order valence-corrected chi connectivity index (χ4v) is 2.26. The van der Waals surface area contributed by atoms with Gasteiger partial charge in [0.1, 0.15) is 5.82 Å². The van der Waals surface area contributed by atoms with Crippen LogP contribution in [0.2, 0.25) is 0 Å². The van der Waals surface area contributed by atoms with Crippen molar-refractivity contribution < 1.29 is 4.74 Å². The number of rotatable bonds is 5. The summed E-state index contributed by atoms with van der Waals surface area (Å²) in [7, 11) is 0. The van der Waals surface area contributed by atoms with Crippen molar-refractivity contribution in [2.24, 2.45) is 0 Å². The predicted octanol–water partition coefficient (Wildman–Crippen LogP) is 1.13. The average Bonchev–Trinajstić information content (AvgIpc) is 2.68. The van der Waals surface area contributed by atoms with Gasteiger partial charge in [0.05, 0.1) is 12.3 Å². The maximum atomic E-state index is 5.43. The quantitative estimate of drug-likeness (QED) is 0.761. The van der Waals surface area contributed by atoms with Crippen LogP contribution in [0, 0.1) is 0 Å². The third-order valence-corrected chi connectivity index (χ3v) is 3.05. The zero-order chi connectivity index (χ0) is 11.4. The van der Waals surface area contributed by atoms with E-state index in [1.807, 2.05) is 6.92 Å². The number of nitrogens with zero attached hydrogens (tertiary/aromatic N) is 2. The van der Waals surface area contributed by atoms with E-state index in [0.717, 1.165) is 45.7 Å². The molecule has 16 heavy (non-hydrogen) atoms. The topological polar surface area (TPSA) is 39.1 Å². The first-order chi connectivity index (χ1) is 7.86. The minimum absolute atomic E-state index is 0.791. The first kappa shape index (κ1) is 11.6. The van der Waals surface area contributed by atoms with Crippen molar-refractivity contribution in [2.75, 3.05) is 19.8 Å². The van der Waals surface area contributed by atoms with Gasteiger partial charge in [0.15, 0.2) is 0 Å². The molecule has 2 rings (SSSR count). The third kappa shape index (κ3) is 2.28. The van der Waals surface area contributed by atoms with E-state index in [0.29, 0.717) is 0 Å². The zero-order valence-corrected chi connectivity index (χ0v) is 10.3. The monoisotopic (exact) mass is 223 g/mol. The summed E-state index contributed by atoms with van der Waals surface area (Å²) < 4.78 is 7.79. The van der Waals surface area contributed by atoms with Gasteiger partial charge in [0.25, 0.3) is 0 Å². The largest absolute Gasteiger partial charge is 0.380 e. The van der Waals surface area contributed by atoms with Crippen LogP contribution < -0.4 is 5.32 Å². The molecule has 0 bridgehead atoms. The van der Waals surface area contributed by atoms with Crippen molar-refractivity contribution >= 4 is 0 Å². The highest BCUT2D eigenvalue weighted by Crippen LogP contribution is 2.16. The Labute approximate surface area is 97.0 Å². The second-order valence-electron chi connectivity index (χ2n) is 4.05. The molecule has 0 atom stereocenters. The maximum absolute atomic E-state index is 5.43. The average molecular weight is 223 g/mol.